The van der Waals surface area contributed by atoms with Gasteiger partial charge in [-0.25, -0.2) is 0 Å². The van der Waals surface area contributed by atoms with Gasteiger partial charge in [0.05, 0.1) is 21.0 Å². The summed E-state index contributed by atoms with van der Waals surface area (Å²) in [6.07, 6.45) is 0. The van der Waals surface area contributed by atoms with E-state index in [2.05, 4.69) is 15.1 Å². The van der Waals surface area contributed by atoms with E-state index in [1.54, 1.807) is 17.4 Å². The zero-order chi connectivity index (χ0) is 16.4. The number of hydrogen-bond acceptors (Lipinski definition) is 5. The van der Waals surface area contributed by atoms with Crippen LogP contribution in [0.5, 0.6) is 0 Å². The van der Waals surface area contributed by atoms with Gasteiger partial charge in [0.1, 0.15) is 0 Å². The molecule has 0 aliphatic rings. The Kier molecular flexibility index (Phi) is 5.02. The molecule has 7 heteroatoms. The van der Waals surface area contributed by atoms with Crippen LogP contribution >= 0.6 is 34.5 Å². The van der Waals surface area contributed by atoms with Gasteiger partial charge in [0, 0.05) is 6.54 Å². The highest BCUT2D eigenvalue weighted by Gasteiger charge is 2.20. The smallest absolute Gasteiger partial charge is 0.257 e. The molecule has 0 aliphatic heterocycles. The number of hydrogen-bond donors (Lipinski definition) is 0. The van der Waals surface area contributed by atoms with E-state index in [0.29, 0.717) is 28.4 Å². The number of nitrogens with zero attached hydrogens (tertiary/aromatic N) is 3. The molecule has 23 heavy (non-hydrogen) atoms. The molecule has 0 unspecified atom stereocenters. The second-order valence-corrected chi connectivity index (χ2v) is 6.96. The Morgan fingerprint density at radius 1 is 1.22 bits per heavy atom. The van der Waals surface area contributed by atoms with Crippen LogP contribution in [0, 0.1) is 0 Å². The van der Waals surface area contributed by atoms with E-state index in [0.717, 1.165) is 10.4 Å². The monoisotopic (exact) mass is 367 g/mol. The van der Waals surface area contributed by atoms with E-state index in [9.17, 15) is 0 Å². The van der Waals surface area contributed by atoms with Gasteiger partial charge in [-0.05, 0) is 37.0 Å². The highest BCUT2D eigenvalue weighted by atomic mass is 35.5. The van der Waals surface area contributed by atoms with Crippen LogP contribution in [0.4, 0.5) is 0 Å². The van der Waals surface area contributed by atoms with Crippen LogP contribution in [0.1, 0.15) is 24.4 Å². The average Bonchev–Trinajstić information content (AvgIpc) is 3.21. The molecule has 0 fully saturated rings. The maximum absolute atomic E-state index is 6.25. The lowest BCUT2D eigenvalue weighted by atomic mass is 10.2. The molecule has 2 aromatic heterocycles. The van der Waals surface area contributed by atoms with Crippen LogP contribution in [0.25, 0.3) is 10.8 Å². The Morgan fingerprint density at radius 2 is 2.04 bits per heavy atom. The molecule has 1 atom stereocenters. The molecule has 0 N–H and O–H groups in total. The fourth-order valence-corrected chi connectivity index (χ4v) is 3.19. The second kappa shape index (κ2) is 7.01. The normalized spacial score (nSPS) is 12.7. The number of halogens is 2. The van der Waals surface area contributed by atoms with Crippen molar-refractivity contribution in [1.29, 1.82) is 0 Å². The Bertz CT molecular complexity index is 788. The third-order valence-electron chi connectivity index (χ3n) is 3.64. The minimum atomic E-state index is -0.0359. The van der Waals surface area contributed by atoms with E-state index in [1.807, 2.05) is 43.6 Å². The largest absolute Gasteiger partial charge is 0.418 e. The molecular weight excluding hydrogens is 353 g/mol. The van der Waals surface area contributed by atoms with Crippen molar-refractivity contribution in [2.24, 2.45) is 0 Å². The molecule has 0 saturated heterocycles. The summed E-state index contributed by atoms with van der Waals surface area (Å²) in [7, 11) is 1.98. The van der Waals surface area contributed by atoms with Crippen molar-refractivity contribution in [2.45, 2.75) is 19.5 Å². The third kappa shape index (κ3) is 3.58. The van der Waals surface area contributed by atoms with Crippen molar-refractivity contribution < 1.29 is 4.42 Å². The van der Waals surface area contributed by atoms with Gasteiger partial charge in [-0.15, -0.1) is 21.5 Å². The minimum Gasteiger partial charge on any atom is -0.418 e. The maximum atomic E-state index is 6.25. The first-order chi connectivity index (χ1) is 11.1. The average molecular weight is 368 g/mol. The molecule has 0 saturated carbocycles. The van der Waals surface area contributed by atoms with E-state index in [4.69, 9.17) is 27.6 Å². The van der Waals surface area contributed by atoms with E-state index in [-0.39, 0.29) is 6.04 Å². The van der Waals surface area contributed by atoms with E-state index in [1.165, 1.54) is 0 Å². The Balaban J connectivity index is 1.75. The van der Waals surface area contributed by atoms with Gasteiger partial charge in [0.2, 0.25) is 5.89 Å². The number of aromatic nitrogens is 2. The van der Waals surface area contributed by atoms with Crippen LogP contribution in [0.2, 0.25) is 10.0 Å². The fraction of sp³-hybridized carbons (Fsp3) is 0.250. The summed E-state index contributed by atoms with van der Waals surface area (Å²) >= 11 is 13.9. The van der Waals surface area contributed by atoms with Crippen molar-refractivity contribution in [1.82, 2.24) is 15.1 Å². The summed E-state index contributed by atoms with van der Waals surface area (Å²) in [4.78, 5) is 3.06. The van der Waals surface area contributed by atoms with Crippen molar-refractivity contribution >= 4 is 34.5 Å². The number of benzene rings is 1. The van der Waals surface area contributed by atoms with Crippen LogP contribution in [0.3, 0.4) is 0 Å². The van der Waals surface area contributed by atoms with Gasteiger partial charge >= 0.3 is 0 Å². The van der Waals surface area contributed by atoms with Crippen LogP contribution in [-0.2, 0) is 6.54 Å². The van der Waals surface area contributed by atoms with Gasteiger partial charge in [-0.1, -0.05) is 41.4 Å². The summed E-state index contributed by atoms with van der Waals surface area (Å²) in [5.41, 5.74) is 0.964. The molecule has 2 heterocycles. The van der Waals surface area contributed by atoms with Gasteiger partial charge in [-0.3, -0.25) is 4.90 Å². The van der Waals surface area contributed by atoms with Gasteiger partial charge < -0.3 is 4.42 Å². The van der Waals surface area contributed by atoms with Gasteiger partial charge in [0.15, 0.2) is 0 Å². The first kappa shape index (κ1) is 16.5. The van der Waals surface area contributed by atoms with Gasteiger partial charge in [-0.2, -0.15) is 0 Å². The molecule has 1 aromatic carbocycles. The van der Waals surface area contributed by atoms with E-state index >= 15 is 0 Å². The molecule has 0 spiro atoms. The molecule has 4 nitrogen and oxygen atoms in total. The van der Waals surface area contributed by atoms with Crippen molar-refractivity contribution in [3.8, 4) is 10.8 Å². The lowest BCUT2D eigenvalue weighted by Gasteiger charge is -2.22. The molecule has 3 rings (SSSR count). The molecule has 3 aromatic rings. The predicted molar refractivity (Wildman–Crippen MR) is 94.0 cm³/mol. The van der Waals surface area contributed by atoms with E-state index < -0.39 is 0 Å². The summed E-state index contributed by atoms with van der Waals surface area (Å²) < 4.78 is 5.79. The first-order valence-electron chi connectivity index (χ1n) is 7.06. The summed E-state index contributed by atoms with van der Waals surface area (Å²) in [5.74, 6) is 1.13. The van der Waals surface area contributed by atoms with Crippen molar-refractivity contribution in [3.63, 3.8) is 0 Å². The standard InChI is InChI=1S/C16H15Cl2N3OS/c1-10(15-19-20-16(22-15)13-7-4-8-23-13)21(2)9-11-5-3-6-12(17)14(11)18/h3-8,10H,9H2,1-2H3/t10-/m1/s1. The highest BCUT2D eigenvalue weighted by Crippen LogP contribution is 2.30. The van der Waals surface area contributed by atoms with Crippen LogP contribution in [0.15, 0.2) is 40.1 Å². The first-order valence-corrected chi connectivity index (χ1v) is 8.70. The van der Waals surface area contributed by atoms with Crippen LogP contribution in [-0.4, -0.2) is 22.1 Å². The Labute approximate surface area is 148 Å². The molecule has 0 bridgehead atoms. The summed E-state index contributed by atoms with van der Waals surface area (Å²) in [5, 5.41) is 11.4. The predicted octanol–water partition coefficient (Wildman–Crippen LogP) is 5.30. The van der Waals surface area contributed by atoms with Crippen molar-refractivity contribution in [2.75, 3.05) is 7.05 Å². The molecular formula is C16H15Cl2N3OS. The lowest BCUT2D eigenvalue weighted by Crippen LogP contribution is -2.22. The summed E-state index contributed by atoms with van der Waals surface area (Å²) in [6.45, 7) is 2.65. The molecule has 0 radical (unpaired) electrons. The number of thiophene rings is 1. The molecule has 0 amide bonds. The SMILES string of the molecule is C[C@H](c1nnc(-c2cccs2)o1)N(C)Cc1cccc(Cl)c1Cl. The maximum Gasteiger partial charge on any atom is 0.257 e. The third-order valence-corrected chi connectivity index (χ3v) is 5.36. The van der Waals surface area contributed by atoms with Crippen LogP contribution < -0.4 is 0 Å². The van der Waals surface area contributed by atoms with Gasteiger partial charge in [0.25, 0.3) is 5.89 Å². The van der Waals surface area contributed by atoms with Crippen molar-refractivity contribution in [3.05, 3.63) is 57.2 Å². The Morgan fingerprint density at radius 3 is 2.78 bits per heavy atom. The summed E-state index contributed by atoms with van der Waals surface area (Å²) in [6, 6.07) is 9.52. The minimum absolute atomic E-state index is 0.0359. The molecule has 120 valence electrons. The zero-order valence-electron chi connectivity index (χ0n) is 12.7. The topological polar surface area (TPSA) is 42.2 Å². The highest BCUT2D eigenvalue weighted by molar-refractivity contribution is 7.13. The molecule has 0 aliphatic carbocycles. The lowest BCUT2D eigenvalue weighted by molar-refractivity contribution is 0.218. The quantitative estimate of drug-likeness (QED) is 0.613. The second-order valence-electron chi connectivity index (χ2n) is 5.23. The Hall–Kier alpha value is -1.40. The fourth-order valence-electron chi connectivity index (χ4n) is 2.17. The number of rotatable bonds is 5. The zero-order valence-corrected chi connectivity index (χ0v) is 15.0.